The Bertz CT molecular complexity index is 955. The molecule has 148 valence electrons. The van der Waals surface area contributed by atoms with Crippen molar-refractivity contribution in [3.63, 3.8) is 0 Å². The summed E-state index contributed by atoms with van der Waals surface area (Å²) in [6.45, 7) is 9.79. The van der Waals surface area contributed by atoms with Crippen molar-refractivity contribution < 1.29 is 4.74 Å². The number of ether oxygens (including phenoxy) is 1. The molecule has 1 aromatic carbocycles. The number of benzene rings is 1. The van der Waals surface area contributed by atoms with E-state index in [0.717, 1.165) is 57.5 Å². The van der Waals surface area contributed by atoms with Gasteiger partial charge in [0.05, 0.1) is 6.10 Å². The first kappa shape index (κ1) is 17.6. The maximum absolute atomic E-state index is 5.76. The van der Waals surface area contributed by atoms with Gasteiger partial charge in [0.15, 0.2) is 0 Å². The lowest BCUT2D eigenvalue weighted by Gasteiger charge is -2.36. The van der Waals surface area contributed by atoms with E-state index in [1.165, 1.54) is 16.6 Å². The molecule has 2 fully saturated rings. The Labute approximate surface area is 165 Å². The molecule has 28 heavy (non-hydrogen) atoms. The van der Waals surface area contributed by atoms with Gasteiger partial charge in [0.2, 0.25) is 5.95 Å². The van der Waals surface area contributed by atoms with E-state index in [-0.39, 0.29) is 0 Å². The van der Waals surface area contributed by atoms with Crippen molar-refractivity contribution in [2.45, 2.75) is 38.8 Å². The lowest BCUT2D eigenvalue weighted by molar-refractivity contribution is 0.127. The highest BCUT2D eigenvalue weighted by Gasteiger charge is 2.43. The van der Waals surface area contributed by atoms with Gasteiger partial charge >= 0.3 is 0 Å². The molecule has 1 aliphatic heterocycles. The number of nitrogens with one attached hydrogen (secondary N) is 1. The molecule has 5 rings (SSSR count). The Morgan fingerprint density at radius 1 is 1.07 bits per heavy atom. The minimum Gasteiger partial charge on any atom is -0.378 e. The third kappa shape index (κ3) is 2.94. The molecule has 0 amide bonds. The standard InChI is InChI=1S/C21H28N6O/c1-3-27-20(16-14-19(16)28-4-2)23-24-21(27)26-12-10-25(11-13-26)18-7-5-6-17-15(18)8-9-22-17/h5-9,16,19,22H,3-4,10-14H2,1-2H3. The number of anilines is 2. The van der Waals surface area contributed by atoms with E-state index in [1.54, 1.807) is 0 Å². The van der Waals surface area contributed by atoms with Crippen LogP contribution in [0.5, 0.6) is 0 Å². The highest BCUT2D eigenvalue weighted by Crippen LogP contribution is 2.43. The summed E-state index contributed by atoms with van der Waals surface area (Å²) in [6, 6.07) is 8.65. The Morgan fingerprint density at radius 3 is 2.68 bits per heavy atom. The number of H-pyrrole nitrogens is 1. The van der Waals surface area contributed by atoms with E-state index >= 15 is 0 Å². The maximum Gasteiger partial charge on any atom is 0.227 e. The normalized spacial score (nSPS) is 22.2. The molecule has 1 saturated carbocycles. The van der Waals surface area contributed by atoms with Crippen LogP contribution < -0.4 is 9.80 Å². The van der Waals surface area contributed by atoms with Gasteiger partial charge < -0.3 is 19.5 Å². The number of nitrogens with zero attached hydrogens (tertiary/aromatic N) is 5. The summed E-state index contributed by atoms with van der Waals surface area (Å²) in [7, 11) is 0. The Hall–Kier alpha value is -2.54. The lowest BCUT2D eigenvalue weighted by atomic mass is 10.2. The zero-order valence-corrected chi connectivity index (χ0v) is 16.6. The first-order valence-corrected chi connectivity index (χ1v) is 10.4. The molecule has 2 atom stereocenters. The highest BCUT2D eigenvalue weighted by atomic mass is 16.5. The number of aromatic nitrogens is 4. The SMILES string of the molecule is CCOC1CC1c1nnc(N2CCN(c3cccc4[nH]ccc34)CC2)n1CC. The van der Waals surface area contributed by atoms with Gasteiger partial charge in [0.1, 0.15) is 5.82 Å². The summed E-state index contributed by atoms with van der Waals surface area (Å²) in [4.78, 5) is 8.17. The second-order valence-electron chi connectivity index (χ2n) is 7.63. The van der Waals surface area contributed by atoms with Crippen LogP contribution in [0.2, 0.25) is 0 Å². The minimum atomic E-state index is 0.325. The van der Waals surface area contributed by atoms with Crippen molar-refractivity contribution in [3.05, 3.63) is 36.3 Å². The van der Waals surface area contributed by atoms with Crippen molar-refractivity contribution in [1.82, 2.24) is 19.7 Å². The summed E-state index contributed by atoms with van der Waals surface area (Å²) >= 11 is 0. The van der Waals surface area contributed by atoms with Gasteiger partial charge in [-0.2, -0.15) is 0 Å². The molecule has 7 heteroatoms. The van der Waals surface area contributed by atoms with Crippen LogP contribution in [0.1, 0.15) is 32.0 Å². The molecule has 3 aromatic rings. The third-order valence-corrected chi connectivity index (χ3v) is 6.00. The Morgan fingerprint density at radius 2 is 1.89 bits per heavy atom. The van der Waals surface area contributed by atoms with E-state index < -0.39 is 0 Å². The summed E-state index contributed by atoms with van der Waals surface area (Å²) in [5.41, 5.74) is 2.51. The van der Waals surface area contributed by atoms with Gasteiger partial charge in [0.25, 0.3) is 0 Å². The maximum atomic E-state index is 5.76. The molecule has 0 spiro atoms. The van der Waals surface area contributed by atoms with Crippen LogP contribution in [0.4, 0.5) is 11.6 Å². The van der Waals surface area contributed by atoms with Crippen LogP contribution >= 0.6 is 0 Å². The monoisotopic (exact) mass is 380 g/mol. The summed E-state index contributed by atoms with van der Waals surface area (Å²) in [5, 5.41) is 10.4. The predicted octanol–water partition coefficient (Wildman–Crippen LogP) is 3.00. The van der Waals surface area contributed by atoms with Crippen LogP contribution in [0.25, 0.3) is 10.9 Å². The predicted molar refractivity (Wildman–Crippen MR) is 111 cm³/mol. The van der Waals surface area contributed by atoms with Crippen molar-refractivity contribution in [2.24, 2.45) is 0 Å². The first-order chi connectivity index (χ1) is 13.8. The fourth-order valence-electron chi connectivity index (χ4n) is 4.45. The summed E-state index contributed by atoms with van der Waals surface area (Å²) in [6.07, 6.45) is 3.41. The molecule has 1 aliphatic carbocycles. The van der Waals surface area contributed by atoms with Gasteiger partial charge in [0, 0.05) is 68.0 Å². The number of rotatable bonds is 6. The average Bonchev–Trinajstić information content (AvgIpc) is 3.15. The van der Waals surface area contributed by atoms with E-state index in [4.69, 9.17) is 4.74 Å². The molecule has 0 radical (unpaired) electrons. The second kappa shape index (κ2) is 7.13. The van der Waals surface area contributed by atoms with Crippen molar-refractivity contribution >= 4 is 22.5 Å². The zero-order chi connectivity index (χ0) is 19.1. The van der Waals surface area contributed by atoms with E-state index in [9.17, 15) is 0 Å². The van der Waals surface area contributed by atoms with Crippen LogP contribution in [-0.2, 0) is 11.3 Å². The van der Waals surface area contributed by atoms with Crippen LogP contribution in [0.15, 0.2) is 30.5 Å². The van der Waals surface area contributed by atoms with E-state index in [2.05, 4.69) is 67.7 Å². The fourth-order valence-corrected chi connectivity index (χ4v) is 4.45. The van der Waals surface area contributed by atoms with Gasteiger partial charge in [-0.3, -0.25) is 4.57 Å². The van der Waals surface area contributed by atoms with Crippen molar-refractivity contribution in [2.75, 3.05) is 42.6 Å². The third-order valence-electron chi connectivity index (χ3n) is 6.00. The highest BCUT2D eigenvalue weighted by molar-refractivity contribution is 5.92. The molecule has 7 nitrogen and oxygen atoms in total. The number of aromatic amines is 1. The van der Waals surface area contributed by atoms with Crippen LogP contribution in [0.3, 0.4) is 0 Å². The largest absolute Gasteiger partial charge is 0.378 e. The first-order valence-electron chi connectivity index (χ1n) is 10.4. The second-order valence-corrected chi connectivity index (χ2v) is 7.63. The molecule has 2 unspecified atom stereocenters. The van der Waals surface area contributed by atoms with E-state index in [1.807, 2.05) is 6.20 Å². The zero-order valence-electron chi connectivity index (χ0n) is 16.6. The van der Waals surface area contributed by atoms with Crippen molar-refractivity contribution in [3.8, 4) is 0 Å². The Kier molecular flexibility index (Phi) is 4.47. The molecule has 2 aromatic heterocycles. The number of fused-ring (bicyclic) bond motifs is 1. The molecule has 2 aliphatic rings. The van der Waals surface area contributed by atoms with E-state index in [0.29, 0.717) is 12.0 Å². The van der Waals surface area contributed by atoms with Gasteiger partial charge in [-0.05, 0) is 38.5 Å². The number of piperazine rings is 1. The van der Waals surface area contributed by atoms with Crippen LogP contribution in [0, 0.1) is 0 Å². The molecule has 1 N–H and O–H groups in total. The average molecular weight is 380 g/mol. The lowest BCUT2D eigenvalue weighted by Crippen LogP contribution is -2.47. The quantitative estimate of drug-likeness (QED) is 0.712. The van der Waals surface area contributed by atoms with Gasteiger partial charge in [-0.1, -0.05) is 6.07 Å². The van der Waals surface area contributed by atoms with Gasteiger partial charge in [-0.15, -0.1) is 10.2 Å². The summed E-state index contributed by atoms with van der Waals surface area (Å²) < 4.78 is 8.05. The fraction of sp³-hybridized carbons (Fsp3) is 0.524. The summed E-state index contributed by atoms with van der Waals surface area (Å²) in [5.74, 6) is 2.52. The Balaban J connectivity index is 1.31. The molecular formula is C21H28N6O. The smallest absolute Gasteiger partial charge is 0.227 e. The minimum absolute atomic E-state index is 0.325. The molecule has 0 bridgehead atoms. The van der Waals surface area contributed by atoms with Crippen molar-refractivity contribution in [1.29, 1.82) is 0 Å². The van der Waals surface area contributed by atoms with Crippen LogP contribution in [-0.4, -0.2) is 58.6 Å². The number of hydrogen-bond acceptors (Lipinski definition) is 5. The molecule has 3 heterocycles. The molecular weight excluding hydrogens is 352 g/mol. The van der Waals surface area contributed by atoms with Gasteiger partial charge in [-0.25, -0.2) is 0 Å². The number of hydrogen-bond donors (Lipinski definition) is 1. The molecule has 1 saturated heterocycles. The topological polar surface area (TPSA) is 62.2 Å².